The Bertz CT molecular complexity index is 531. The zero-order chi connectivity index (χ0) is 13.1. The number of rotatable bonds is 4. The molecule has 2 N–H and O–H groups in total. The fraction of sp³-hybridized carbons (Fsp3) is 0.333. The molecular weight excluding hydrogens is 224 g/mol. The third-order valence-electron chi connectivity index (χ3n) is 3.36. The SMILES string of the molecule is Cc1cc(N(C)Cc2ccoc2C)ccc1CN. The van der Waals surface area contributed by atoms with Crippen molar-refractivity contribution in [3.05, 3.63) is 53.0 Å². The quantitative estimate of drug-likeness (QED) is 0.899. The maximum Gasteiger partial charge on any atom is 0.105 e. The lowest BCUT2D eigenvalue weighted by Gasteiger charge is -2.20. The van der Waals surface area contributed by atoms with E-state index in [1.54, 1.807) is 6.26 Å². The van der Waals surface area contributed by atoms with Crippen LogP contribution in [0, 0.1) is 13.8 Å². The molecule has 0 amide bonds. The van der Waals surface area contributed by atoms with Gasteiger partial charge in [-0.1, -0.05) is 6.07 Å². The molecule has 0 aliphatic heterocycles. The van der Waals surface area contributed by atoms with E-state index in [1.807, 2.05) is 13.0 Å². The molecular formula is C15H20N2O. The van der Waals surface area contributed by atoms with Crippen LogP contribution in [-0.4, -0.2) is 7.05 Å². The van der Waals surface area contributed by atoms with E-state index in [-0.39, 0.29) is 0 Å². The minimum Gasteiger partial charge on any atom is -0.469 e. The van der Waals surface area contributed by atoms with E-state index in [9.17, 15) is 0 Å². The van der Waals surface area contributed by atoms with Gasteiger partial charge in [-0.3, -0.25) is 0 Å². The summed E-state index contributed by atoms with van der Waals surface area (Å²) in [5.41, 5.74) is 10.5. The molecule has 0 saturated carbocycles. The molecule has 0 aliphatic carbocycles. The van der Waals surface area contributed by atoms with Gasteiger partial charge in [-0.25, -0.2) is 0 Å². The normalized spacial score (nSPS) is 10.7. The Morgan fingerprint density at radius 3 is 2.50 bits per heavy atom. The van der Waals surface area contributed by atoms with Crippen LogP contribution in [0.5, 0.6) is 0 Å². The second-order valence-corrected chi connectivity index (χ2v) is 4.67. The van der Waals surface area contributed by atoms with Crippen LogP contribution in [0.3, 0.4) is 0 Å². The molecule has 3 heteroatoms. The third kappa shape index (κ3) is 2.57. The van der Waals surface area contributed by atoms with Crippen molar-refractivity contribution in [2.45, 2.75) is 26.9 Å². The van der Waals surface area contributed by atoms with Crippen LogP contribution in [0.4, 0.5) is 5.69 Å². The van der Waals surface area contributed by atoms with Gasteiger partial charge in [0.2, 0.25) is 0 Å². The van der Waals surface area contributed by atoms with E-state index >= 15 is 0 Å². The van der Waals surface area contributed by atoms with Crippen LogP contribution in [0.1, 0.15) is 22.5 Å². The minimum atomic E-state index is 0.594. The fourth-order valence-electron chi connectivity index (χ4n) is 2.07. The highest BCUT2D eigenvalue weighted by Gasteiger charge is 2.07. The zero-order valence-corrected chi connectivity index (χ0v) is 11.2. The molecule has 2 aromatic rings. The number of furan rings is 1. The topological polar surface area (TPSA) is 42.4 Å². The van der Waals surface area contributed by atoms with Crippen molar-refractivity contribution >= 4 is 5.69 Å². The van der Waals surface area contributed by atoms with Crippen LogP contribution in [0.25, 0.3) is 0 Å². The Morgan fingerprint density at radius 2 is 1.94 bits per heavy atom. The van der Waals surface area contributed by atoms with E-state index in [0.29, 0.717) is 6.54 Å². The van der Waals surface area contributed by atoms with Crippen LogP contribution >= 0.6 is 0 Å². The van der Waals surface area contributed by atoms with Crippen molar-refractivity contribution in [1.29, 1.82) is 0 Å². The molecule has 2 rings (SSSR count). The Morgan fingerprint density at radius 1 is 1.17 bits per heavy atom. The van der Waals surface area contributed by atoms with Gasteiger partial charge in [0.1, 0.15) is 5.76 Å². The second-order valence-electron chi connectivity index (χ2n) is 4.67. The molecule has 1 aromatic carbocycles. The maximum absolute atomic E-state index is 5.68. The Kier molecular flexibility index (Phi) is 3.72. The van der Waals surface area contributed by atoms with E-state index < -0.39 is 0 Å². The molecule has 0 unspecified atom stereocenters. The summed E-state index contributed by atoms with van der Waals surface area (Å²) in [6.07, 6.45) is 1.74. The number of nitrogens with two attached hydrogens (primary N) is 1. The van der Waals surface area contributed by atoms with Crippen LogP contribution in [0.15, 0.2) is 34.9 Å². The molecule has 0 aliphatic rings. The number of benzene rings is 1. The van der Waals surface area contributed by atoms with Gasteiger partial charge in [0.05, 0.1) is 6.26 Å². The first-order valence-corrected chi connectivity index (χ1v) is 6.15. The summed E-state index contributed by atoms with van der Waals surface area (Å²) >= 11 is 0. The van der Waals surface area contributed by atoms with Gasteiger partial charge in [-0.2, -0.15) is 0 Å². The third-order valence-corrected chi connectivity index (χ3v) is 3.36. The van der Waals surface area contributed by atoms with Gasteiger partial charge < -0.3 is 15.1 Å². The summed E-state index contributed by atoms with van der Waals surface area (Å²) in [6.45, 7) is 5.54. The fourth-order valence-corrected chi connectivity index (χ4v) is 2.07. The molecule has 0 bridgehead atoms. The largest absolute Gasteiger partial charge is 0.469 e. The lowest BCUT2D eigenvalue weighted by Crippen LogP contribution is -2.16. The Balaban J connectivity index is 2.16. The molecule has 0 spiro atoms. The molecule has 18 heavy (non-hydrogen) atoms. The molecule has 0 saturated heterocycles. The van der Waals surface area contributed by atoms with E-state index in [1.165, 1.54) is 22.4 Å². The van der Waals surface area contributed by atoms with E-state index in [4.69, 9.17) is 10.2 Å². The predicted molar refractivity (Wildman–Crippen MR) is 74.6 cm³/mol. The predicted octanol–water partition coefficient (Wildman–Crippen LogP) is 2.99. The molecule has 1 heterocycles. The molecule has 3 nitrogen and oxygen atoms in total. The molecule has 96 valence electrons. The zero-order valence-electron chi connectivity index (χ0n) is 11.2. The van der Waals surface area contributed by atoms with Crippen LogP contribution in [0.2, 0.25) is 0 Å². The van der Waals surface area contributed by atoms with Crippen molar-refractivity contribution in [3.63, 3.8) is 0 Å². The average molecular weight is 244 g/mol. The standard InChI is InChI=1S/C15H20N2O/c1-11-8-15(5-4-13(11)9-16)17(3)10-14-6-7-18-12(14)2/h4-8H,9-10,16H2,1-3H3. The minimum absolute atomic E-state index is 0.594. The number of anilines is 1. The van der Waals surface area contributed by atoms with Crippen molar-refractivity contribution in [3.8, 4) is 0 Å². The lowest BCUT2D eigenvalue weighted by molar-refractivity contribution is 0.529. The highest BCUT2D eigenvalue weighted by Crippen LogP contribution is 2.21. The van der Waals surface area contributed by atoms with Gasteiger partial charge in [0.25, 0.3) is 0 Å². The summed E-state index contributed by atoms with van der Waals surface area (Å²) in [4.78, 5) is 2.21. The molecule has 0 atom stereocenters. The number of hydrogen-bond donors (Lipinski definition) is 1. The Labute approximate surface area is 108 Å². The van der Waals surface area contributed by atoms with Gasteiger partial charge in [-0.15, -0.1) is 0 Å². The summed E-state index contributed by atoms with van der Waals surface area (Å²) in [7, 11) is 2.09. The van der Waals surface area contributed by atoms with Gasteiger partial charge >= 0.3 is 0 Å². The first-order chi connectivity index (χ1) is 8.61. The second kappa shape index (κ2) is 5.27. The number of hydrogen-bond acceptors (Lipinski definition) is 3. The monoisotopic (exact) mass is 244 g/mol. The average Bonchev–Trinajstić information content (AvgIpc) is 2.75. The smallest absolute Gasteiger partial charge is 0.105 e. The van der Waals surface area contributed by atoms with E-state index in [0.717, 1.165) is 12.3 Å². The number of aryl methyl sites for hydroxylation is 2. The van der Waals surface area contributed by atoms with Crippen molar-refractivity contribution < 1.29 is 4.42 Å². The molecule has 0 fully saturated rings. The summed E-state index contributed by atoms with van der Waals surface area (Å²) in [5.74, 6) is 0.983. The summed E-state index contributed by atoms with van der Waals surface area (Å²) in [6, 6.07) is 8.42. The Hall–Kier alpha value is -1.74. The molecule has 1 aromatic heterocycles. The van der Waals surface area contributed by atoms with Crippen molar-refractivity contribution in [1.82, 2.24) is 0 Å². The highest BCUT2D eigenvalue weighted by atomic mass is 16.3. The lowest BCUT2D eigenvalue weighted by atomic mass is 10.1. The van der Waals surface area contributed by atoms with Crippen LogP contribution < -0.4 is 10.6 Å². The van der Waals surface area contributed by atoms with Gasteiger partial charge in [-0.05, 0) is 43.2 Å². The van der Waals surface area contributed by atoms with Crippen molar-refractivity contribution in [2.24, 2.45) is 5.73 Å². The number of nitrogens with zero attached hydrogens (tertiary/aromatic N) is 1. The van der Waals surface area contributed by atoms with Gasteiger partial charge in [0, 0.05) is 31.4 Å². The van der Waals surface area contributed by atoms with E-state index in [2.05, 4.69) is 37.1 Å². The van der Waals surface area contributed by atoms with Crippen LogP contribution in [-0.2, 0) is 13.1 Å². The summed E-state index contributed by atoms with van der Waals surface area (Å²) in [5, 5.41) is 0. The van der Waals surface area contributed by atoms with Crippen molar-refractivity contribution in [2.75, 3.05) is 11.9 Å². The van der Waals surface area contributed by atoms with Gasteiger partial charge in [0.15, 0.2) is 0 Å². The first-order valence-electron chi connectivity index (χ1n) is 6.15. The maximum atomic E-state index is 5.68. The summed E-state index contributed by atoms with van der Waals surface area (Å²) < 4.78 is 5.32. The molecule has 0 radical (unpaired) electrons. The first kappa shape index (κ1) is 12.7. The highest BCUT2D eigenvalue weighted by molar-refractivity contribution is 5.50.